The molecule has 0 saturated heterocycles. The van der Waals surface area contributed by atoms with Crippen molar-refractivity contribution in [2.75, 3.05) is 18.5 Å². The second-order valence-electron chi connectivity index (χ2n) is 4.06. The molecule has 1 atom stereocenters. The van der Waals surface area contributed by atoms with Crippen LogP contribution < -0.4 is 5.32 Å². The fourth-order valence-electron chi connectivity index (χ4n) is 1.35. The van der Waals surface area contributed by atoms with E-state index < -0.39 is 0 Å². The number of aliphatic hydroxyl groups excluding tert-OH is 1. The fraction of sp³-hybridized carbons (Fsp3) is 0.538. The molecule has 2 heteroatoms. The molecule has 0 spiro atoms. The van der Waals surface area contributed by atoms with E-state index >= 15 is 0 Å². The van der Waals surface area contributed by atoms with E-state index in [9.17, 15) is 0 Å². The van der Waals surface area contributed by atoms with Crippen molar-refractivity contribution in [1.82, 2.24) is 0 Å². The maximum absolute atomic E-state index is 8.78. The molecule has 0 aliphatic carbocycles. The summed E-state index contributed by atoms with van der Waals surface area (Å²) in [4.78, 5) is 0. The van der Waals surface area contributed by atoms with Gasteiger partial charge in [-0.15, -0.1) is 0 Å². The van der Waals surface area contributed by atoms with E-state index in [0.29, 0.717) is 5.92 Å². The van der Waals surface area contributed by atoms with Gasteiger partial charge in [0.2, 0.25) is 0 Å². The zero-order chi connectivity index (χ0) is 11.1. The van der Waals surface area contributed by atoms with E-state index in [2.05, 4.69) is 43.4 Å². The molecule has 0 fully saturated rings. The zero-order valence-electron chi connectivity index (χ0n) is 9.66. The third kappa shape index (κ3) is 4.34. The van der Waals surface area contributed by atoms with Crippen molar-refractivity contribution in [2.45, 2.75) is 26.7 Å². The smallest absolute Gasteiger partial charge is 0.0471 e. The van der Waals surface area contributed by atoms with E-state index in [1.807, 2.05) is 0 Å². The third-order valence-electron chi connectivity index (χ3n) is 2.71. The van der Waals surface area contributed by atoms with Gasteiger partial charge in [0.05, 0.1) is 0 Å². The third-order valence-corrected chi connectivity index (χ3v) is 2.71. The molecule has 0 aromatic heterocycles. The van der Waals surface area contributed by atoms with E-state index in [1.165, 1.54) is 12.0 Å². The Kier molecular flexibility index (Phi) is 5.19. The van der Waals surface area contributed by atoms with E-state index in [1.54, 1.807) is 0 Å². The van der Waals surface area contributed by atoms with Crippen molar-refractivity contribution >= 4 is 5.69 Å². The molecule has 1 unspecified atom stereocenters. The van der Waals surface area contributed by atoms with Crippen LogP contribution in [0.25, 0.3) is 0 Å². The van der Waals surface area contributed by atoms with Crippen molar-refractivity contribution in [2.24, 2.45) is 5.92 Å². The Hall–Kier alpha value is -1.02. The van der Waals surface area contributed by atoms with Gasteiger partial charge in [-0.25, -0.2) is 0 Å². The first-order valence-corrected chi connectivity index (χ1v) is 5.70. The number of anilines is 1. The van der Waals surface area contributed by atoms with Gasteiger partial charge in [-0.2, -0.15) is 0 Å². The SMILES string of the molecule is CCC(C)CNc1ccc(CCO)cc1. The second kappa shape index (κ2) is 6.46. The summed E-state index contributed by atoms with van der Waals surface area (Å²) in [6.45, 7) is 5.69. The monoisotopic (exact) mass is 207 g/mol. The maximum Gasteiger partial charge on any atom is 0.0471 e. The minimum absolute atomic E-state index is 0.222. The summed E-state index contributed by atoms with van der Waals surface area (Å²) in [5.74, 6) is 0.710. The molecule has 0 heterocycles. The standard InChI is InChI=1S/C13H21NO/c1-3-11(2)10-14-13-6-4-12(5-7-13)8-9-15/h4-7,11,14-15H,3,8-10H2,1-2H3. The molecular weight excluding hydrogens is 186 g/mol. The molecule has 0 bridgehead atoms. The largest absolute Gasteiger partial charge is 0.396 e. The van der Waals surface area contributed by atoms with Crippen molar-refractivity contribution in [1.29, 1.82) is 0 Å². The highest BCUT2D eigenvalue weighted by atomic mass is 16.2. The highest BCUT2D eigenvalue weighted by Crippen LogP contribution is 2.11. The van der Waals surface area contributed by atoms with Gasteiger partial charge < -0.3 is 10.4 Å². The Labute approximate surface area is 92.3 Å². The molecule has 1 rings (SSSR count). The van der Waals surface area contributed by atoms with Crippen LogP contribution in [-0.4, -0.2) is 18.3 Å². The minimum Gasteiger partial charge on any atom is -0.396 e. The summed E-state index contributed by atoms with van der Waals surface area (Å²) >= 11 is 0. The second-order valence-corrected chi connectivity index (χ2v) is 4.06. The van der Waals surface area contributed by atoms with Gasteiger partial charge in [0.25, 0.3) is 0 Å². The first-order chi connectivity index (χ1) is 7.26. The molecule has 2 nitrogen and oxygen atoms in total. The van der Waals surface area contributed by atoms with Gasteiger partial charge in [-0.1, -0.05) is 32.4 Å². The minimum atomic E-state index is 0.222. The van der Waals surface area contributed by atoms with E-state index in [-0.39, 0.29) is 6.61 Å². The van der Waals surface area contributed by atoms with Gasteiger partial charge in [-0.05, 0) is 30.0 Å². The quantitative estimate of drug-likeness (QED) is 0.751. The molecule has 0 saturated carbocycles. The summed E-state index contributed by atoms with van der Waals surface area (Å²) in [5.41, 5.74) is 2.35. The van der Waals surface area contributed by atoms with Crippen LogP contribution in [0.1, 0.15) is 25.8 Å². The van der Waals surface area contributed by atoms with Gasteiger partial charge in [0.1, 0.15) is 0 Å². The van der Waals surface area contributed by atoms with Crippen molar-refractivity contribution < 1.29 is 5.11 Å². The molecule has 0 aliphatic heterocycles. The fourth-order valence-corrected chi connectivity index (χ4v) is 1.35. The topological polar surface area (TPSA) is 32.3 Å². The van der Waals surface area contributed by atoms with Crippen LogP contribution in [0, 0.1) is 5.92 Å². The Morgan fingerprint density at radius 1 is 1.27 bits per heavy atom. The number of nitrogens with one attached hydrogen (secondary N) is 1. The highest BCUT2D eigenvalue weighted by molar-refractivity contribution is 5.44. The lowest BCUT2D eigenvalue weighted by molar-refractivity contribution is 0.299. The van der Waals surface area contributed by atoms with Crippen LogP contribution in [0.15, 0.2) is 24.3 Å². The zero-order valence-corrected chi connectivity index (χ0v) is 9.66. The molecular formula is C13H21NO. The van der Waals surface area contributed by atoms with Crippen LogP contribution in [0.2, 0.25) is 0 Å². The van der Waals surface area contributed by atoms with Crippen LogP contribution in [0.4, 0.5) is 5.69 Å². The Morgan fingerprint density at radius 3 is 2.47 bits per heavy atom. The van der Waals surface area contributed by atoms with Crippen LogP contribution in [-0.2, 0) is 6.42 Å². The lowest BCUT2D eigenvalue weighted by atomic mass is 10.1. The lowest BCUT2D eigenvalue weighted by Gasteiger charge is -2.11. The first-order valence-electron chi connectivity index (χ1n) is 5.70. The predicted octanol–water partition coefficient (Wildman–Crippen LogP) is 2.68. The predicted molar refractivity (Wildman–Crippen MR) is 65.2 cm³/mol. The lowest BCUT2D eigenvalue weighted by Crippen LogP contribution is -2.10. The van der Waals surface area contributed by atoms with E-state index in [4.69, 9.17) is 5.11 Å². The van der Waals surface area contributed by atoms with Crippen LogP contribution in [0.3, 0.4) is 0 Å². The molecule has 15 heavy (non-hydrogen) atoms. The molecule has 0 aliphatic rings. The number of hydrogen-bond acceptors (Lipinski definition) is 2. The number of hydrogen-bond donors (Lipinski definition) is 2. The summed E-state index contributed by atoms with van der Waals surface area (Å²) in [7, 11) is 0. The Morgan fingerprint density at radius 2 is 1.93 bits per heavy atom. The molecule has 1 aromatic carbocycles. The average Bonchev–Trinajstić information content (AvgIpc) is 2.28. The number of benzene rings is 1. The molecule has 84 valence electrons. The molecule has 1 aromatic rings. The Balaban J connectivity index is 2.42. The normalized spacial score (nSPS) is 12.5. The molecule has 0 amide bonds. The van der Waals surface area contributed by atoms with Gasteiger partial charge in [0, 0.05) is 18.8 Å². The molecule has 0 radical (unpaired) electrons. The summed E-state index contributed by atoms with van der Waals surface area (Å²) in [5, 5.41) is 12.2. The molecule has 2 N–H and O–H groups in total. The number of aliphatic hydroxyl groups is 1. The summed E-state index contributed by atoms with van der Waals surface area (Å²) in [6, 6.07) is 8.28. The van der Waals surface area contributed by atoms with Crippen molar-refractivity contribution in [3.8, 4) is 0 Å². The summed E-state index contributed by atoms with van der Waals surface area (Å²) < 4.78 is 0. The Bertz CT molecular complexity index is 268. The van der Waals surface area contributed by atoms with Crippen LogP contribution in [0.5, 0.6) is 0 Å². The number of rotatable bonds is 6. The van der Waals surface area contributed by atoms with E-state index in [0.717, 1.165) is 18.7 Å². The van der Waals surface area contributed by atoms with Crippen molar-refractivity contribution in [3.05, 3.63) is 29.8 Å². The first kappa shape index (κ1) is 12.1. The van der Waals surface area contributed by atoms with Gasteiger partial charge in [-0.3, -0.25) is 0 Å². The highest BCUT2D eigenvalue weighted by Gasteiger charge is 1.98. The van der Waals surface area contributed by atoms with Crippen molar-refractivity contribution in [3.63, 3.8) is 0 Å². The summed E-state index contributed by atoms with van der Waals surface area (Å²) in [6.07, 6.45) is 1.95. The van der Waals surface area contributed by atoms with Gasteiger partial charge in [0.15, 0.2) is 0 Å². The average molecular weight is 207 g/mol. The maximum atomic E-state index is 8.78. The van der Waals surface area contributed by atoms with Gasteiger partial charge >= 0.3 is 0 Å². The van der Waals surface area contributed by atoms with Crippen LogP contribution >= 0.6 is 0 Å².